The van der Waals surface area contributed by atoms with Crippen molar-refractivity contribution in [2.45, 2.75) is 57.1 Å². The lowest BCUT2D eigenvalue weighted by Gasteiger charge is -2.58. The number of hydrogen-bond donors (Lipinski definition) is 1. The number of rotatable bonds is 1. The summed E-state index contributed by atoms with van der Waals surface area (Å²) in [5.74, 6) is -0.686. The highest BCUT2D eigenvalue weighted by atomic mass is 35.5. The third kappa shape index (κ3) is 1.45. The molecule has 5 nitrogen and oxygen atoms in total. The molecule has 0 aromatic carbocycles. The summed E-state index contributed by atoms with van der Waals surface area (Å²) in [7, 11) is 0. The quantitative estimate of drug-likeness (QED) is 0.461. The molecule has 140 valence electrons. The molecule has 1 aromatic heterocycles. The first-order valence-electron chi connectivity index (χ1n) is 9.26. The van der Waals surface area contributed by atoms with Crippen LogP contribution in [0.3, 0.4) is 0 Å². The first kappa shape index (κ1) is 16.8. The second-order valence-electron chi connectivity index (χ2n) is 9.21. The molecule has 0 radical (unpaired) electrons. The van der Waals surface area contributed by atoms with E-state index in [1.807, 2.05) is 13.8 Å². The summed E-state index contributed by atoms with van der Waals surface area (Å²) in [6, 6.07) is 1.79. The van der Waals surface area contributed by atoms with Crippen LogP contribution in [-0.4, -0.2) is 27.8 Å². The highest BCUT2D eigenvalue weighted by Crippen LogP contribution is 2.86. The molecule has 4 aliphatic rings. The van der Waals surface area contributed by atoms with Crippen LogP contribution >= 0.6 is 11.6 Å². The van der Waals surface area contributed by atoms with E-state index in [4.69, 9.17) is 20.8 Å². The van der Waals surface area contributed by atoms with E-state index in [-0.39, 0.29) is 24.0 Å². The van der Waals surface area contributed by atoms with Crippen LogP contribution in [0, 0.1) is 28.1 Å². The van der Waals surface area contributed by atoms with Crippen LogP contribution in [0.2, 0.25) is 0 Å². The van der Waals surface area contributed by atoms with E-state index in [0.717, 1.165) is 12.0 Å². The fourth-order valence-electron chi connectivity index (χ4n) is 6.98. The number of Topliss-reactive ketones (excluding diaryl/α,β-unsaturated/α-hetero) is 1. The molecule has 6 heteroatoms. The Hall–Kier alpha value is -1.33. The molecule has 1 aliphatic heterocycles. The lowest BCUT2D eigenvalue weighted by atomic mass is 9.48. The maximum Gasteiger partial charge on any atom is 0.321 e. The number of halogens is 1. The van der Waals surface area contributed by atoms with Crippen LogP contribution in [0.5, 0.6) is 0 Å². The average molecular weight is 379 g/mol. The molecule has 3 saturated carbocycles. The Morgan fingerprint density at radius 1 is 1.23 bits per heavy atom. The van der Waals surface area contributed by atoms with Gasteiger partial charge in [0, 0.05) is 28.7 Å². The summed E-state index contributed by atoms with van der Waals surface area (Å²) < 4.78 is 10.8. The number of esters is 1. The van der Waals surface area contributed by atoms with Gasteiger partial charge in [0.05, 0.1) is 23.5 Å². The number of furan rings is 1. The standard InChI is InChI=1S/C20H23ClO5/c1-17-8-13(22)20-15(14(26-16(20)23)10-6-7-25-9-10)18(20,2)11(17)4-5-12(21)19(17,3)24/h6-7,9,11-12,14-15,24H,4-5,8H2,1-3H3/t11-,12-,14+,15-,17+,18-,19+,20+/m0/s1. The third-order valence-corrected chi connectivity index (χ3v) is 9.19. The molecular formula is C20H23ClO5. The Morgan fingerprint density at radius 3 is 2.62 bits per heavy atom. The number of carbonyl (C=O) groups excluding carboxylic acids is 2. The Labute approximate surface area is 157 Å². The van der Waals surface area contributed by atoms with Gasteiger partial charge in [0.25, 0.3) is 0 Å². The van der Waals surface area contributed by atoms with E-state index in [2.05, 4.69) is 0 Å². The number of ketones is 1. The molecule has 4 fully saturated rings. The first-order chi connectivity index (χ1) is 12.1. The Bertz CT molecular complexity index is 816. The summed E-state index contributed by atoms with van der Waals surface area (Å²) in [6.45, 7) is 5.75. The van der Waals surface area contributed by atoms with E-state index in [0.29, 0.717) is 6.42 Å². The van der Waals surface area contributed by atoms with Gasteiger partial charge in [-0.05, 0) is 31.7 Å². The average Bonchev–Trinajstić information content (AvgIpc) is 2.93. The van der Waals surface area contributed by atoms with Crippen molar-refractivity contribution in [2.75, 3.05) is 0 Å². The number of hydrogen-bond acceptors (Lipinski definition) is 5. The van der Waals surface area contributed by atoms with Crippen LogP contribution < -0.4 is 0 Å². The SMILES string of the molecule is C[C@]12[C@@H]3[C@@H](c4ccoc4)OC(=O)[C@@]31C(=O)C[C@]1(C)[C@@H]2CC[C@H](Cl)[C@@]1(C)O. The number of fused-ring (bicyclic) bond motifs is 3. The van der Waals surface area contributed by atoms with E-state index < -0.39 is 39.3 Å². The van der Waals surface area contributed by atoms with Gasteiger partial charge in [-0.3, -0.25) is 9.59 Å². The number of aliphatic hydroxyl groups is 1. The zero-order valence-electron chi connectivity index (χ0n) is 15.1. The van der Waals surface area contributed by atoms with Crippen molar-refractivity contribution in [3.05, 3.63) is 24.2 Å². The van der Waals surface area contributed by atoms with Crippen molar-refractivity contribution in [2.24, 2.45) is 28.1 Å². The molecule has 3 aliphatic carbocycles. The van der Waals surface area contributed by atoms with E-state index >= 15 is 0 Å². The van der Waals surface area contributed by atoms with E-state index in [1.165, 1.54) is 0 Å². The van der Waals surface area contributed by atoms with Crippen LogP contribution in [0.25, 0.3) is 0 Å². The Kier molecular flexibility index (Phi) is 2.95. The number of ether oxygens (including phenoxy) is 1. The zero-order chi connectivity index (χ0) is 18.7. The van der Waals surface area contributed by atoms with Gasteiger partial charge >= 0.3 is 5.97 Å². The topological polar surface area (TPSA) is 76.7 Å². The summed E-state index contributed by atoms with van der Waals surface area (Å²) in [5.41, 5.74) is -2.61. The highest BCUT2D eigenvalue weighted by Gasteiger charge is 2.93. The predicted molar refractivity (Wildman–Crippen MR) is 92.3 cm³/mol. The van der Waals surface area contributed by atoms with Crippen LogP contribution in [0.4, 0.5) is 0 Å². The molecule has 1 aromatic rings. The second-order valence-corrected chi connectivity index (χ2v) is 9.74. The molecule has 1 saturated heterocycles. The monoisotopic (exact) mass is 378 g/mol. The summed E-state index contributed by atoms with van der Waals surface area (Å²) in [4.78, 5) is 26.3. The van der Waals surface area contributed by atoms with Crippen LogP contribution in [-0.2, 0) is 14.3 Å². The first-order valence-corrected chi connectivity index (χ1v) is 9.70. The minimum Gasteiger partial charge on any atom is -0.472 e. The molecule has 0 bridgehead atoms. The van der Waals surface area contributed by atoms with Crippen molar-refractivity contribution < 1.29 is 23.8 Å². The fourth-order valence-corrected chi connectivity index (χ4v) is 7.35. The van der Waals surface area contributed by atoms with Gasteiger partial charge in [-0.2, -0.15) is 0 Å². The van der Waals surface area contributed by atoms with Gasteiger partial charge < -0.3 is 14.3 Å². The van der Waals surface area contributed by atoms with Crippen molar-refractivity contribution >= 4 is 23.4 Å². The summed E-state index contributed by atoms with van der Waals surface area (Å²) >= 11 is 6.46. The van der Waals surface area contributed by atoms with Gasteiger partial charge in [0.2, 0.25) is 0 Å². The smallest absolute Gasteiger partial charge is 0.321 e. The van der Waals surface area contributed by atoms with Crippen molar-refractivity contribution in [1.29, 1.82) is 0 Å². The number of alkyl halides is 1. The van der Waals surface area contributed by atoms with Gasteiger partial charge in [0.15, 0.2) is 5.78 Å². The summed E-state index contributed by atoms with van der Waals surface area (Å²) in [5, 5.41) is 10.8. The number of carbonyl (C=O) groups is 2. The normalized spacial score (nSPS) is 55.0. The number of cyclic esters (lactones) is 1. The maximum atomic E-state index is 13.3. The largest absolute Gasteiger partial charge is 0.472 e. The van der Waals surface area contributed by atoms with Gasteiger partial charge in [-0.1, -0.05) is 13.8 Å². The third-order valence-electron chi connectivity index (χ3n) is 8.54. The minimum atomic E-state index is -1.16. The predicted octanol–water partition coefficient (Wildman–Crippen LogP) is 3.25. The van der Waals surface area contributed by atoms with E-state index in [9.17, 15) is 14.7 Å². The van der Waals surface area contributed by atoms with E-state index in [1.54, 1.807) is 25.5 Å². The molecule has 1 N–H and O–H groups in total. The lowest BCUT2D eigenvalue weighted by Crippen LogP contribution is -2.63. The Morgan fingerprint density at radius 2 is 1.96 bits per heavy atom. The second kappa shape index (κ2) is 4.56. The fraction of sp³-hybridized carbons (Fsp3) is 0.700. The molecule has 2 heterocycles. The van der Waals surface area contributed by atoms with Gasteiger partial charge in [-0.15, -0.1) is 11.6 Å². The zero-order valence-corrected chi connectivity index (χ0v) is 15.9. The molecule has 26 heavy (non-hydrogen) atoms. The maximum absolute atomic E-state index is 13.3. The highest BCUT2D eigenvalue weighted by molar-refractivity contribution is 6.21. The van der Waals surface area contributed by atoms with Crippen LogP contribution in [0.1, 0.15) is 51.7 Å². The lowest BCUT2D eigenvalue weighted by molar-refractivity contribution is -0.185. The molecule has 0 unspecified atom stereocenters. The van der Waals surface area contributed by atoms with Gasteiger partial charge in [0.1, 0.15) is 11.5 Å². The van der Waals surface area contributed by atoms with Gasteiger partial charge in [-0.25, -0.2) is 0 Å². The van der Waals surface area contributed by atoms with Crippen molar-refractivity contribution in [1.82, 2.24) is 0 Å². The molecule has 5 rings (SSSR count). The van der Waals surface area contributed by atoms with Crippen LogP contribution in [0.15, 0.2) is 23.0 Å². The molecular weight excluding hydrogens is 356 g/mol. The summed E-state index contributed by atoms with van der Waals surface area (Å²) in [6.07, 6.45) is 4.31. The molecule has 0 amide bonds. The molecule has 8 atom stereocenters. The Balaban J connectivity index is 1.65. The minimum absolute atomic E-state index is 0.0324. The van der Waals surface area contributed by atoms with Crippen molar-refractivity contribution in [3.8, 4) is 0 Å². The molecule has 1 spiro atoms. The van der Waals surface area contributed by atoms with Crippen molar-refractivity contribution in [3.63, 3.8) is 0 Å².